The van der Waals surface area contributed by atoms with Gasteiger partial charge in [-0.25, -0.2) is 0 Å². The summed E-state index contributed by atoms with van der Waals surface area (Å²) < 4.78 is 7.27. The van der Waals surface area contributed by atoms with E-state index in [2.05, 4.69) is 36.5 Å². The molecule has 132 valence electrons. The standard InChI is InChI=1S/C18H22N4O3/c1-10-16(23)19-12-8-6-7-11(15(12)25-10)17(24)20-14-9-13(18(2,3)4)21-22(14)5/h6-10H,1-5H3,(H,19,23)(H,20,24). The van der Waals surface area contributed by atoms with Gasteiger partial charge in [0.2, 0.25) is 0 Å². The Morgan fingerprint density at radius 3 is 2.72 bits per heavy atom. The normalized spacial score (nSPS) is 16.7. The van der Waals surface area contributed by atoms with Gasteiger partial charge < -0.3 is 15.4 Å². The lowest BCUT2D eigenvalue weighted by molar-refractivity contribution is -0.122. The van der Waals surface area contributed by atoms with Crippen molar-refractivity contribution in [3.05, 3.63) is 35.5 Å². The zero-order chi connectivity index (χ0) is 18.4. The van der Waals surface area contributed by atoms with E-state index in [1.807, 2.05) is 6.07 Å². The number of ether oxygens (including phenoxy) is 1. The minimum absolute atomic E-state index is 0.116. The second-order valence-corrected chi connectivity index (χ2v) is 7.17. The van der Waals surface area contributed by atoms with Crippen molar-refractivity contribution in [1.82, 2.24) is 9.78 Å². The minimum atomic E-state index is -0.648. The quantitative estimate of drug-likeness (QED) is 0.879. The first-order chi connectivity index (χ1) is 11.7. The number of para-hydroxylation sites is 1. The number of aryl methyl sites for hydroxylation is 1. The summed E-state index contributed by atoms with van der Waals surface area (Å²) in [6.07, 6.45) is -0.648. The number of nitrogens with one attached hydrogen (secondary N) is 2. The van der Waals surface area contributed by atoms with Gasteiger partial charge in [0.1, 0.15) is 5.82 Å². The second-order valence-electron chi connectivity index (χ2n) is 7.17. The van der Waals surface area contributed by atoms with Crippen molar-refractivity contribution < 1.29 is 14.3 Å². The first kappa shape index (κ1) is 17.0. The highest BCUT2D eigenvalue weighted by Crippen LogP contribution is 2.34. The van der Waals surface area contributed by atoms with E-state index in [1.54, 1.807) is 36.9 Å². The molecule has 2 aromatic rings. The van der Waals surface area contributed by atoms with Gasteiger partial charge in [0.25, 0.3) is 11.8 Å². The number of amides is 2. The van der Waals surface area contributed by atoms with Crippen LogP contribution in [-0.2, 0) is 17.3 Å². The van der Waals surface area contributed by atoms with E-state index in [0.29, 0.717) is 22.8 Å². The van der Waals surface area contributed by atoms with Gasteiger partial charge in [0.05, 0.1) is 16.9 Å². The molecule has 0 bridgehead atoms. The molecule has 1 aliphatic rings. The Hall–Kier alpha value is -2.83. The van der Waals surface area contributed by atoms with Crippen LogP contribution in [0.4, 0.5) is 11.5 Å². The van der Waals surface area contributed by atoms with Crippen LogP contribution in [0.3, 0.4) is 0 Å². The fourth-order valence-electron chi connectivity index (χ4n) is 2.54. The summed E-state index contributed by atoms with van der Waals surface area (Å²) in [5, 5.41) is 10.1. The van der Waals surface area contributed by atoms with Crippen molar-refractivity contribution in [3.63, 3.8) is 0 Å². The summed E-state index contributed by atoms with van der Waals surface area (Å²) >= 11 is 0. The Bertz CT molecular complexity index is 848. The highest BCUT2D eigenvalue weighted by Gasteiger charge is 2.28. The van der Waals surface area contributed by atoms with Crippen molar-refractivity contribution in [2.45, 2.75) is 39.2 Å². The lowest BCUT2D eigenvalue weighted by Gasteiger charge is -2.25. The van der Waals surface area contributed by atoms with Gasteiger partial charge >= 0.3 is 0 Å². The van der Waals surface area contributed by atoms with Crippen LogP contribution < -0.4 is 15.4 Å². The number of nitrogens with zero attached hydrogens (tertiary/aromatic N) is 2. The summed E-state index contributed by atoms with van der Waals surface area (Å²) in [5.41, 5.74) is 1.63. The second kappa shape index (κ2) is 5.91. The number of hydrogen-bond acceptors (Lipinski definition) is 4. The number of rotatable bonds is 2. The lowest BCUT2D eigenvalue weighted by Crippen LogP contribution is -2.35. The van der Waals surface area contributed by atoms with Crippen LogP contribution in [0.15, 0.2) is 24.3 Å². The van der Waals surface area contributed by atoms with E-state index in [9.17, 15) is 9.59 Å². The predicted octanol–water partition coefficient (Wildman–Crippen LogP) is 2.69. The number of benzene rings is 1. The fourth-order valence-corrected chi connectivity index (χ4v) is 2.54. The van der Waals surface area contributed by atoms with E-state index in [0.717, 1.165) is 5.69 Å². The smallest absolute Gasteiger partial charge is 0.265 e. The van der Waals surface area contributed by atoms with E-state index < -0.39 is 6.10 Å². The molecule has 0 saturated carbocycles. The Balaban J connectivity index is 1.90. The summed E-state index contributed by atoms with van der Waals surface area (Å²) in [7, 11) is 1.78. The van der Waals surface area contributed by atoms with E-state index in [-0.39, 0.29) is 17.2 Å². The molecule has 7 heteroatoms. The largest absolute Gasteiger partial charge is 0.478 e. The molecule has 0 aliphatic carbocycles. The Morgan fingerprint density at radius 1 is 1.36 bits per heavy atom. The number of carbonyl (C=O) groups excluding carboxylic acids is 2. The van der Waals surface area contributed by atoms with Crippen LogP contribution in [0, 0.1) is 0 Å². The number of fused-ring (bicyclic) bond motifs is 1. The molecule has 0 saturated heterocycles. The lowest BCUT2D eigenvalue weighted by atomic mass is 9.92. The molecule has 1 unspecified atom stereocenters. The maximum Gasteiger partial charge on any atom is 0.265 e. The maximum atomic E-state index is 12.7. The summed E-state index contributed by atoms with van der Waals surface area (Å²) in [6.45, 7) is 7.83. The summed E-state index contributed by atoms with van der Waals surface area (Å²) in [5.74, 6) is 0.431. The molecular formula is C18H22N4O3. The minimum Gasteiger partial charge on any atom is -0.478 e. The first-order valence-corrected chi connectivity index (χ1v) is 8.13. The topological polar surface area (TPSA) is 85.2 Å². The van der Waals surface area contributed by atoms with Crippen molar-refractivity contribution in [2.75, 3.05) is 10.6 Å². The molecule has 0 spiro atoms. The van der Waals surface area contributed by atoms with Crippen molar-refractivity contribution in [2.24, 2.45) is 7.05 Å². The zero-order valence-electron chi connectivity index (χ0n) is 15.0. The van der Waals surface area contributed by atoms with E-state index in [1.165, 1.54) is 0 Å². The third-order valence-corrected chi connectivity index (χ3v) is 4.07. The fraction of sp³-hybridized carbons (Fsp3) is 0.389. The third kappa shape index (κ3) is 3.22. The zero-order valence-corrected chi connectivity index (χ0v) is 15.0. The molecule has 1 atom stereocenters. The van der Waals surface area contributed by atoms with Crippen LogP contribution >= 0.6 is 0 Å². The SMILES string of the molecule is CC1Oc2c(cccc2C(=O)Nc2cc(C(C)(C)C)nn2C)NC1=O. The van der Waals surface area contributed by atoms with Crippen LogP contribution in [0.2, 0.25) is 0 Å². The van der Waals surface area contributed by atoms with Gasteiger partial charge in [0.15, 0.2) is 11.9 Å². The molecule has 25 heavy (non-hydrogen) atoms. The Kier molecular flexibility index (Phi) is 4.02. The summed E-state index contributed by atoms with van der Waals surface area (Å²) in [6, 6.07) is 6.94. The number of aromatic nitrogens is 2. The van der Waals surface area contributed by atoms with Gasteiger partial charge in [-0.2, -0.15) is 5.10 Å². The molecule has 1 aromatic carbocycles. The Labute approximate surface area is 146 Å². The van der Waals surface area contributed by atoms with E-state index in [4.69, 9.17) is 4.74 Å². The predicted molar refractivity (Wildman–Crippen MR) is 95.0 cm³/mol. The van der Waals surface area contributed by atoms with Crippen LogP contribution in [0.1, 0.15) is 43.7 Å². The molecule has 2 N–H and O–H groups in total. The molecule has 2 amide bonds. The number of carbonyl (C=O) groups is 2. The van der Waals surface area contributed by atoms with Gasteiger partial charge in [-0.05, 0) is 19.1 Å². The van der Waals surface area contributed by atoms with Crippen molar-refractivity contribution in [3.8, 4) is 5.75 Å². The van der Waals surface area contributed by atoms with Gasteiger partial charge in [-0.3, -0.25) is 14.3 Å². The molecule has 1 aromatic heterocycles. The van der Waals surface area contributed by atoms with Gasteiger partial charge in [-0.1, -0.05) is 26.8 Å². The molecule has 1 aliphatic heterocycles. The summed E-state index contributed by atoms with van der Waals surface area (Å²) in [4.78, 5) is 24.5. The number of hydrogen-bond donors (Lipinski definition) is 2. The average molecular weight is 342 g/mol. The van der Waals surface area contributed by atoms with Gasteiger partial charge in [0, 0.05) is 18.5 Å². The average Bonchev–Trinajstić information content (AvgIpc) is 2.89. The molecular weight excluding hydrogens is 320 g/mol. The third-order valence-electron chi connectivity index (χ3n) is 4.07. The van der Waals surface area contributed by atoms with Crippen LogP contribution in [-0.4, -0.2) is 27.7 Å². The monoisotopic (exact) mass is 342 g/mol. The van der Waals surface area contributed by atoms with Crippen LogP contribution in [0.25, 0.3) is 0 Å². The number of anilines is 2. The van der Waals surface area contributed by atoms with Crippen molar-refractivity contribution in [1.29, 1.82) is 0 Å². The maximum absolute atomic E-state index is 12.7. The van der Waals surface area contributed by atoms with E-state index >= 15 is 0 Å². The van der Waals surface area contributed by atoms with Crippen molar-refractivity contribution >= 4 is 23.3 Å². The Morgan fingerprint density at radius 2 is 2.08 bits per heavy atom. The highest BCUT2D eigenvalue weighted by molar-refractivity contribution is 6.09. The molecule has 3 rings (SSSR count). The first-order valence-electron chi connectivity index (χ1n) is 8.13. The molecule has 2 heterocycles. The highest BCUT2D eigenvalue weighted by atomic mass is 16.5. The van der Waals surface area contributed by atoms with Gasteiger partial charge in [-0.15, -0.1) is 0 Å². The van der Waals surface area contributed by atoms with Crippen LogP contribution in [0.5, 0.6) is 5.75 Å². The molecule has 0 fully saturated rings. The molecule has 0 radical (unpaired) electrons. The molecule has 7 nitrogen and oxygen atoms in total.